The van der Waals surface area contributed by atoms with E-state index in [0.29, 0.717) is 0 Å². The largest absolute Gasteiger partial charge is 0.458 e. The monoisotopic (exact) mass is 588 g/mol. The van der Waals surface area contributed by atoms with Crippen LogP contribution in [0.25, 0.3) is 11.1 Å². The van der Waals surface area contributed by atoms with E-state index in [0.717, 1.165) is 11.5 Å². The number of ether oxygens (including phenoxy) is 2. The Morgan fingerprint density at radius 1 is 0.333 bits per heavy atom. The van der Waals surface area contributed by atoms with Gasteiger partial charge in [-0.3, -0.25) is 0 Å². The van der Waals surface area contributed by atoms with Crippen LogP contribution in [0, 0.1) is 27.7 Å². The van der Waals surface area contributed by atoms with Crippen LogP contribution in [0.1, 0.15) is 44.5 Å². The maximum atomic E-state index is 5.47. The maximum Gasteiger partial charge on any atom is 0.230 e. The zero-order valence-corrected chi connectivity index (χ0v) is 26.5. The van der Waals surface area contributed by atoms with Gasteiger partial charge in [0.1, 0.15) is 11.5 Å². The van der Waals surface area contributed by atoms with Gasteiger partial charge in [-0.25, -0.2) is 0 Å². The van der Waals surface area contributed by atoms with Crippen LogP contribution in [-0.4, -0.2) is 6.79 Å². The summed E-state index contributed by atoms with van der Waals surface area (Å²) in [4.78, 5) is 0. The lowest BCUT2D eigenvalue weighted by atomic mass is 9.85. The molecular formula is C43H40O2. The molecule has 0 spiro atoms. The lowest BCUT2D eigenvalue weighted by molar-refractivity contribution is 0.120. The van der Waals surface area contributed by atoms with Crippen LogP contribution >= 0.6 is 0 Å². The van der Waals surface area contributed by atoms with Crippen molar-refractivity contribution in [2.45, 2.75) is 27.7 Å². The van der Waals surface area contributed by atoms with Gasteiger partial charge in [0.25, 0.3) is 0 Å². The van der Waals surface area contributed by atoms with E-state index in [1.807, 2.05) is 62.4 Å². The summed E-state index contributed by atoms with van der Waals surface area (Å²) in [7, 11) is 0. The smallest absolute Gasteiger partial charge is 0.230 e. The summed E-state index contributed by atoms with van der Waals surface area (Å²) in [5.74, 6) is 1.64. The summed E-state index contributed by atoms with van der Waals surface area (Å²) in [5, 5.41) is 0. The fourth-order valence-corrected chi connectivity index (χ4v) is 5.00. The average Bonchev–Trinajstić information content (AvgIpc) is 3.08. The zero-order chi connectivity index (χ0) is 31.4. The standard InChI is InChI=1S/C28H24.C15H16O2/c1-21-13-17-25(18-14-21)27(23-9-5-3-6-10-23)28(24-11-7-4-8-12-24)26-19-15-22(2)16-20-26;1-12-3-7-14(8-4-12)16-11-17-15-9-5-13(2)6-10-15/h3-20H,1-2H3;3-10H,11H2,1-2H3/b28-27+;. The van der Waals surface area contributed by atoms with E-state index < -0.39 is 0 Å². The SMILES string of the molecule is Cc1ccc(/C(=C(\c2ccccc2)c2ccc(C)cc2)c2ccccc2)cc1.Cc1ccc(OCOc2ccc(C)cc2)cc1. The number of hydrogen-bond acceptors (Lipinski definition) is 2. The van der Waals surface area contributed by atoms with E-state index in [1.165, 1.54) is 55.7 Å². The summed E-state index contributed by atoms with van der Waals surface area (Å²) < 4.78 is 10.9. The normalized spacial score (nSPS) is 11.1. The van der Waals surface area contributed by atoms with E-state index in [1.54, 1.807) is 0 Å². The van der Waals surface area contributed by atoms with Crippen molar-refractivity contribution in [1.29, 1.82) is 0 Å². The Balaban J connectivity index is 0.000000201. The predicted octanol–water partition coefficient (Wildman–Crippen LogP) is 11.0. The third-order valence-electron chi connectivity index (χ3n) is 7.55. The van der Waals surface area contributed by atoms with Gasteiger partial charge >= 0.3 is 0 Å². The van der Waals surface area contributed by atoms with Crippen LogP contribution in [0.15, 0.2) is 158 Å². The Morgan fingerprint density at radius 2 is 0.600 bits per heavy atom. The van der Waals surface area contributed by atoms with Crippen molar-refractivity contribution in [3.8, 4) is 11.5 Å². The molecule has 0 N–H and O–H groups in total. The van der Waals surface area contributed by atoms with Crippen molar-refractivity contribution in [3.63, 3.8) is 0 Å². The molecule has 0 amide bonds. The number of benzene rings is 6. The molecule has 45 heavy (non-hydrogen) atoms. The van der Waals surface area contributed by atoms with Crippen molar-refractivity contribution in [2.75, 3.05) is 6.79 Å². The third kappa shape index (κ3) is 8.84. The van der Waals surface area contributed by atoms with Gasteiger partial charge in [-0.15, -0.1) is 0 Å². The fourth-order valence-electron chi connectivity index (χ4n) is 5.00. The van der Waals surface area contributed by atoms with E-state index in [2.05, 4.69) is 123 Å². The van der Waals surface area contributed by atoms with Crippen molar-refractivity contribution < 1.29 is 9.47 Å². The molecule has 6 aromatic carbocycles. The number of rotatable bonds is 8. The first-order chi connectivity index (χ1) is 22.0. The summed E-state index contributed by atoms with van der Waals surface area (Å²) >= 11 is 0. The molecule has 0 aliphatic rings. The van der Waals surface area contributed by atoms with Crippen LogP contribution < -0.4 is 9.47 Å². The second-order valence-corrected chi connectivity index (χ2v) is 11.2. The van der Waals surface area contributed by atoms with E-state index in [4.69, 9.17) is 9.47 Å². The van der Waals surface area contributed by atoms with Gasteiger partial charge in [0, 0.05) is 0 Å². The highest BCUT2D eigenvalue weighted by atomic mass is 16.7. The second kappa shape index (κ2) is 15.4. The molecule has 0 unspecified atom stereocenters. The lowest BCUT2D eigenvalue weighted by Gasteiger charge is -2.18. The first-order valence-corrected chi connectivity index (χ1v) is 15.3. The quantitative estimate of drug-likeness (QED) is 0.130. The Hall–Kier alpha value is -5.34. The highest BCUT2D eigenvalue weighted by molar-refractivity contribution is 6.04. The summed E-state index contributed by atoms with van der Waals surface area (Å²) in [6, 6.07) is 54.9. The van der Waals surface area contributed by atoms with Gasteiger partial charge < -0.3 is 9.47 Å². The molecule has 0 radical (unpaired) electrons. The first kappa shape index (κ1) is 31.1. The Bertz CT molecular complexity index is 1650. The topological polar surface area (TPSA) is 18.5 Å². The molecule has 2 nitrogen and oxygen atoms in total. The van der Waals surface area contributed by atoms with Crippen molar-refractivity contribution >= 4 is 11.1 Å². The number of aryl methyl sites for hydroxylation is 4. The molecule has 0 heterocycles. The Morgan fingerprint density at radius 3 is 0.911 bits per heavy atom. The molecule has 0 bridgehead atoms. The molecule has 0 aromatic heterocycles. The molecule has 224 valence electrons. The minimum atomic E-state index is 0.228. The minimum Gasteiger partial charge on any atom is -0.458 e. The van der Waals surface area contributed by atoms with Gasteiger partial charge in [0.05, 0.1) is 0 Å². The van der Waals surface area contributed by atoms with Gasteiger partial charge in [-0.1, -0.05) is 156 Å². The lowest BCUT2D eigenvalue weighted by Crippen LogP contribution is -2.05. The average molecular weight is 589 g/mol. The van der Waals surface area contributed by atoms with Gasteiger partial charge in [-0.2, -0.15) is 0 Å². The summed E-state index contributed by atoms with van der Waals surface area (Å²) in [6.07, 6.45) is 0. The molecule has 0 aliphatic heterocycles. The maximum absolute atomic E-state index is 5.47. The molecule has 0 saturated heterocycles. The van der Waals surface area contributed by atoms with Crippen LogP contribution in [0.4, 0.5) is 0 Å². The summed E-state index contributed by atoms with van der Waals surface area (Å²) in [5.41, 5.74) is 12.4. The molecule has 0 saturated carbocycles. The molecule has 0 atom stereocenters. The molecule has 6 rings (SSSR count). The van der Waals surface area contributed by atoms with E-state index in [9.17, 15) is 0 Å². The van der Waals surface area contributed by atoms with Crippen LogP contribution in [-0.2, 0) is 0 Å². The first-order valence-electron chi connectivity index (χ1n) is 15.3. The highest BCUT2D eigenvalue weighted by Gasteiger charge is 2.16. The molecular weight excluding hydrogens is 548 g/mol. The Labute approximate surface area is 268 Å². The van der Waals surface area contributed by atoms with Crippen LogP contribution in [0.5, 0.6) is 11.5 Å². The summed E-state index contributed by atoms with van der Waals surface area (Å²) in [6.45, 7) is 8.59. The molecule has 0 aliphatic carbocycles. The van der Waals surface area contributed by atoms with Gasteiger partial charge in [0.2, 0.25) is 6.79 Å². The van der Waals surface area contributed by atoms with Crippen molar-refractivity contribution in [3.05, 3.63) is 202 Å². The van der Waals surface area contributed by atoms with Gasteiger partial charge in [-0.05, 0) is 85.4 Å². The predicted molar refractivity (Wildman–Crippen MR) is 189 cm³/mol. The Kier molecular flexibility index (Phi) is 10.6. The van der Waals surface area contributed by atoms with Crippen LogP contribution in [0.2, 0.25) is 0 Å². The third-order valence-corrected chi connectivity index (χ3v) is 7.55. The second-order valence-electron chi connectivity index (χ2n) is 11.2. The van der Waals surface area contributed by atoms with Crippen molar-refractivity contribution in [2.24, 2.45) is 0 Å². The van der Waals surface area contributed by atoms with Crippen molar-refractivity contribution in [1.82, 2.24) is 0 Å². The fraction of sp³-hybridized carbons (Fsp3) is 0.116. The van der Waals surface area contributed by atoms with Gasteiger partial charge in [0.15, 0.2) is 0 Å². The molecule has 0 fully saturated rings. The van der Waals surface area contributed by atoms with Crippen LogP contribution in [0.3, 0.4) is 0 Å². The number of hydrogen-bond donors (Lipinski definition) is 0. The van der Waals surface area contributed by atoms with E-state index >= 15 is 0 Å². The zero-order valence-electron chi connectivity index (χ0n) is 26.5. The molecule has 2 heteroatoms. The minimum absolute atomic E-state index is 0.228. The molecule has 6 aromatic rings. The highest BCUT2D eigenvalue weighted by Crippen LogP contribution is 2.37. The van der Waals surface area contributed by atoms with E-state index in [-0.39, 0.29) is 6.79 Å².